The molecule has 1 saturated heterocycles. The minimum Gasteiger partial charge on any atom is -0.495 e. The van der Waals surface area contributed by atoms with Gasteiger partial charge in [0.1, 0.15) is 29.4 Å². The molecule has 0 aliphatic carbocycles. The Balaban J connectivity index is 1.85. The second-order valence-corrected chi connectivity index (χ2v) is 7.79. The molecule has 0 unspecified atom stereocenters. The highest BCUT2D eigenvalue weighted by Gasteiger charge is 2.22. The molecule has 1 fully saturated rings. The van der Waals surface area contributed by atoms with Crippen LogP contribution < -0.4 is 20.5 Å². The van der Waals surface area contributed by atoms with Crippen molar-refractivity contribution in [2.24, 2.45) is 7.05 Å². The van der Waals surface area contributed by atoms with E-state index in [0.29, 0.717) is 65.6 Å². The molecule has 2 aromatic heterocycles. The largest absolute Gasteiger partial charge is 0.495 e. The van der Waals surface area contributed by atoms with Gasteiger partial charge in [0.2, 0.25) is 0 Å². The normalized spacial score (nSPS) is 14.4. The molecule has 168 valence electrons. The monoisotopic (exact) mass is 444 g/mol. The summed E-state index contributed by atoms with van der Waals surface area (Å²) >= 11 is 0. The summed E-state index contributed by atoms with van der Waals surface area (Å²) in [6.07, 6.45) is 1.47. The number of morpholine rings is 1. The third-order valence-corrected chi connectivity index (χ3v) is 5.89. The number of hydrogen-bond acceptors (Lipinski definition) is 8. The Bertz CT molecular complexity index is 1350. The number of benzene rings is 1. The molecule has 1 aliphatic rings. The summed E-state index contributed by atoms with van der Waals surface area (Å²) < 4.78 is 12.4. The van der Waals surface area contributed by atoms with Crippen LogP contribution in [0.2, 0.25) is 0 Å². The quantitative estimate of drug-likeness (QED) is 0.639. The van der Waals surface area contributed by atoms with Crippen LogP contribution in [0.4, 0.5) is 11.5 Å². The first-order valence-electron chi connectivity index (χ1n) is 10.6. The number of ether oxygens (including phenoxy) is 2. The lowest BCUT2D eigenvalue weighted by Crippen LogP contribution is -2.40. The van der Waals surface area contributed by atoms with Crippen molar-refractivity contribution in [3.05, 3.63) is 57.5 Å². The summed E-state index contributed by atoms with van der Waals surface area (Å²) in [5.41, 5.74) is 2.45. The summed E-state index contributed by atoms with van der Waals surface area (Å²) in [4.78, 5) is 19.6. The van der Waals surface area contributed by atoms with Crippen LogP contribution in [0.5, 0.6) is 5.75 Å². The van der Waals surface area contributed by atoms with E-state index in [1.807, 2.05) is 17.9 Å². The van der Waals surface area contributed by atoms with Crippen LogP contribution in [0.3, 0.4) is 0 Å². The molecule has 0 radical (unpaired) electrons. The predicted molar refractivity (Wildman–Crippen MR) is 124 cm³/mol. The van der Waals surface area contributed by atoms with Crippen molar-refractivity contribution in [3.63, 3.8) is 0 Å². The van der Waals surface area contributed by atoms with Crippen LogP contribution >= 0.6 is 0 Å². The first-order chi connectivity index (χ1) is 16.0. The van der Waals surface area contributed by atoms with E-state index < -0.39 is 0 Å². The highest BCUT2D eigenvalue weighted by Crippen LogP contribution is 2.33. The number of para-hydroxylation sites is 1. The highest BCUT2D eigenvalue weighted by atomic mass is 16.5. The Morgan fingerprint density at radius 3 is 2.61 bits per heavy atom. The number of pyridine rings is 2. The van der Waals surface area contributed by atoms with Crippen molar-refractivity contribution in [3.8, 4) is 17.9 Å². The summed E-state index contributed by atoms with van der Waals surface area (Å²) in [6, 6.07) is 11.2. The second-order valence-electron chi connectivity index (χ2n) is 7.79. The maximum absolute atomic E-state index is 13.1. The molecule has 0 amide bonds. The van der Waals surface area contributed by atoms with E-state index in [-0.39, 0.29) is 11.6 Å². The Morgan fingerprint density at radius 1 is 1.21 bits per heavy atom. The van der Waals surface area contributed by atoms with E-state index in [1.54, 1.807) is 25.2 Å². The molecular weight excluding hydrogens is 420 g/mol. The van der Waals surface area contributed by atoms with Gasteiger partial charge in [0.15, 0.2) is 0 Å². The SMILES string of the molecule is COc1c(C#N)cccc1[C@@H](C)Nc1ncc(C#N)c2c1cc(N1CCOCC1)c(=O)n2C. The fourth-order valence-corrected chi connectivity index (χ4v) is 4.21. The first-order valence-corrected chi connectivity index (χ1v) is 10.6. The molecule has 1 atom stereocenters. The van der Waals surface area contributed by atoms with E-state index in [0.717, 1.165) is 5.56 Å². The van der Waals surface area contributed by atoms with Crippen LogP contribution in [0.25, 0.3) is 10.9 Å². The molecule has 1 N–H and O–H groups in total. The van der Waals surface area contributed by atoms with Crippen molar-refractivity contribution in [2.45, 2.75) is 13.0 Å². The van der Waals surface area contributed by atoms with Crippen molar-refractivity contribution in [1.82, 2.24) is 9.55 Å². The fraction of sp³-hybridized carbons (Fsp3) is 0.333. The minimum atomic E-state index is -0.263. The fourth-order valence-electron chi connectivity index (χ4n) is 4.21. The van der Waals surface area contributed by atoms with Crippen molar-refractivity contribution < 1.29 is 9.47 Å². The number of nitriles is 2. The van der Waals surface area contributed by atoms with Crippen LogP contribution in [0, 0.1) is 22.7 Å². The Labute approximate surface area is 191 Å². The molecule has 3 aromatic rings. The van der Waals surface area contributed by atoms with Gasteiger partial charge >= 0.3 is 0 Å². The lowest BCUT2D eigenvalue weighted by atomic mass is 10.0. The van der Waals surface area contributed by atoms with E-state index in [9.17, 15) is 15.3 Å². The van der Waals surface area contributed by atoms with Gasteiger partial charge in [-0.3, -0.25) is 4.79 Å². The number of nitrogens with one attached hydrogen (secondary N) is 1. The van der Waals surface area contributed by atoms with Crippen LogP contribution in [0.1, 0.15) is 29.7 Å². The van der Waals surface area contributed by atoms with Gasteiger partial charge in [-0.15, -0.1) is 0 Å². The maximum Gasteiger partial charge on any atom is 0.274 e. The van der Waals surface area contributed by atoms with Gasteiger partial charge in [-0.1, -0.05) is 12.1 Å². The Hall–Kier alpha value is -4.08. The average molecular weight is 444 g/mol. The molecule has 0 spiro atoms. The Morgan fingerprint density at radius 2 is 1.94 bits per heavy atom. The number of methoxy groups -OCH3 is 1. The molecule has 0 bridgehead atoms. The van der Waals surface area contributed by atoms with Gasteiger partial charge in [0.05, 0.1) is 43.0 Å². The third-order valence-electron chi connectivity index (χ3n) is 5.89. The lowest BCUT2D eigenvalue weighted by Gasteiger charge is -2.29. The summed E-state index contributed by atoms with van der Waals surface area (Å²) in [5, 5.41) is 23.1. The number of hydrogen-bond donors (Lipinski definition) is 1. The summed E-state index contributed by atoms with van der Waals surface area (Å²) in [6.45, 7) is 4.27. The topological polar surface area (TPSA) is 116 Å². The zero-order valence-corrected chi connectivity index (χ0v) is 18.8. The van der Waals surface area contributed by atoms with E-state index in [4.69, 9.17) is 9.47 Å². The number of fused-ring (bicyclic) bond motifs is 1. The molecule has 0 saturated carbocycles. The van der Waals surface area contributed by atoms with Crippen molar-refractivity contribution in [1.29, 1.82) is 10.5 Å². The zero-order valence-electron chi connectivity index (χ0n) is 18.8. The van der Waals surface area contributed by atoms with Crippen molar-refractivity contribution in [2.75, 3.05) is 43.6 Å². The smallest absolute Gasteiger partial charge is 0.274 e. The number of rotatable bonds is 5. The molecule has 9 nitrogen and oxygen atoms in total. The van der Waals surface area contributed by atoms with E-state index in [2.05, 4.69) is 22.4 Å². The average Bonchev–Trinajstić information content (AvgIpc) is 2.86. The highest BCUT2D eigenvalue weighted by molar-refractivity contribution is 5.95. The van der Waals surface area contributed by atoms with Gasteiger partial charge in [-0.25, -0.2) is 4.98 Å². The summed E-state index contributed by atoms with van der Waals surface area (Å²) in [5.74, 6) is 1.03. The second kappa shape index (κ2) is 9.19. The van der Waals surface area contributed by atoms with Gasteiger partial charge in [0.25, 0.3) is 5.56 Å². The van der Waals surface area contributed by atoms with Gasteiger partial charge in [-0.05, 0) is 19.1 Å². The number of aryl methyl sites for hydroxylation is 1. The number of aromatic nitrogens is 2. The molecular formula is C24H24N6O3. The molecule has 3 heterocycles. The van der Waals surface area contributed by atoms with Gasteiger partial charge < -0.3 is 24.3 Å². The Kier molecular flexibility index (Phi) is 6.16. The molecule has 1 aliphatic heterocycles. The predicted octanol–water partition coefficient (Wildman–Crippen LogP) is 2.70. The minimum absolute atomic E-state index is 0.172. The standard InChI is InChI=1S/C24H24N6O3/c1-15(18-6-4-5-16(12-25)22(18)32-3)28-23-19-11-20(30-7-9-33-10-8-30)24(31)29(2)21(19)17(13-26)14-27-23/h4-6,11,14-15H,7-10H2,1-3H3,(H,27,28)/t15-/m1/s1. The van der Waals surface area contributed by atoms with E-state index in [1.165, 1.54) is 17.9 Å². The first kappa shape index (κ1) is 22.1. The van der Waals surface area contributed by atoms with Crippen molar-refractivity contribution >= 4 is 22.4 Å². The van der Waals surface area contributed by atoms with Gasteiger partial charge in [-0.2, -0.15) is 10.5 Å². The lowest BCUT2D eigenvalue weighted by molar-refractivity contribution is 0.122. The van der Waals surface area contributed by atoms with E-state index >= 15 is 0 Å². The third kappa shape index (κ3) is 3.95. The van der Waals surface area contributed by atoms with Crippen LogP contribution in [0.15, 0.2) is 35.3 Å². The zero-order chi connectivity index (χ0) is 23.5. The molecule has 33 heavy (non-hydrogen) atoms. The maximum atomic E-state index is 13.1. The summed E-state index contributed by atoms with van der Waals surface area (Å²) in [7, 11) is 3.20. The van der Waals surface area contributed by atoms with Crippen LogP contribution in [-0.2, 0) is 11.8 Å². The molecule has 4 rings (SSSR count). The molecule has 1 aromatic carbocycles. The van der Waals surface area contributed by atoms with Crippen LogP contribution in [-0.4, -0.2) is 43.0 Å². The molecule has 9 heteroatoms. The number of anilines is 2. The van der Waals surface area contributed by atoms with Gasteiger partial charge in [0, 0.05) is 37.3 Å². The number of nitrogens with zero attached hydrogens (tertiary/aromatic N) is 5.